The van der Waals surface area contributed by atoms with Crippen LogP contribution in [0.2, 0.25) is 0 Å². The normalized spacial score (nSPS) is 12.1. The molecular weight excluding hydrogens is 481 g/mol. The summed E-state index contributed by atoms with van der Waals surface area (Å²) >= 11 is 6.57. The second-order valence-electron chi connectivity index (χ2n) is 6.46. The maximum atomic E-state index is 5.71. The molecule has 4 rings (SSSR count). The molecule has 0 aliphatic rings. The maximum absolute atomic E-state index is 5.71. The fourth-order valence-electron chi connectivity index (χ4n) is 3.27. The predicted octanol–water partition coefficient (Wildman–Crippen LogP) is 7.75. The van der Waals surface area contributed by atoms with Crippen LogP contribution < -0.4 is 18.9 Å². The van der Waals surface area contributed by atoms with E-state index in [4.69, 9.17) is 18.9 Å². The topological polar surface area (TPSA) is 36.9 Å². The van der Waals surface area contributed by atoms with E-state index in [1.807, 2.05) is 45.8 Å². The van der Waals surface area contributed by atoms with E-state index in [0.717, 1.165) is 53.7 Å². The smallest absolute Gasteiger partial charge is 0.137 e. The van der Waals surface area contributed by atoms with Crippen LogP contribution in [0.25, 0.3) is 23.3 Å². The molecule has 0 saturated heterocycles. The first-order valence-electron chi connectivity index (χ1n) is 9.60. The van der Waals surface area contributed by atoms with Crippen molar-refractivity contribution in [2.45, 2.75) is 0 Å². The largest absolute Gasteiger partial charge is 0.495 e. The third-order valence-corrected chi connectivity index (χ3v) is 8.33. The van der Waals surface area contributed by atoms with Crippen molar-refractivity contribution >= 4 is 68.6 Å². The van der Waals surface area contributed by atoms with Gasteiger partial charge in [0.2, 0.25) is 0 Å². The zero-order valence-corrected chi connectivity index (χ0v) is 21.3. The zero-order valence-electron chi connectivity index (χ0n) is 18.0. The molecule has 4 aromatic rings. The van der Waals surface area contributed by atoms with Crippen molar-refractivity contribution in [1.82, 2.24) is 0 Å². The van der Waals surface area contributed by atoms with Crippen LogP contribution in [-0.4, -0.2) is 28.4 Å². The van der Waals surface area contributed by atoms with E-state index in [0.29, 0.717) is 0 Å². The molecule has 0 aliphatic carbocycles. The standard InChI is InChI=1S/C24H22O4S4/c1-25-17-5-9-29-21(17)13-15(23-19(27-3)7-11-31-23)16(24-20(28-4)8-12-32-24)14-22-18(26-2)6-10-30-22/h5-14H,1-4H3. The molecule has 4 aromatic heterocycles. The minimum absolute atomic E-state index is 0.830. The van der Waals surface area contributed by atoms with Gasteiger partial charge in [-0.15, -0.1) is 45.3 Å². The molecule has 0 unspecified atom stereocenters. The Balaban J connectivity index is 2.01. The van der Waals surface area contributed by atoms with Gasteiger partial charge in [0.1, 0.15) is 23.0 Å². The lowest BCUT2D eigenvalue weighted by Gasteiger charge is -2.14. The SMILES string of the molecule is COc1ccsc1C=C(C(=Cc1sccc1OC)c1sccc1OC)c1sccc1OC. The second-order valence-corrected chi connectivity index (χ2v) is 10.2. The molecule has 32 heavy (non-hydrogen) atoms. The van der Waals surface area contributed by atoms with E-state index in [-0.39, 0.29) is 0 Å². The highest BCUT2D eigenvalue weighted by Crippen LogP contribution is 2.47. The number of hydrogen-bond donors (Lipinski definition) is 0. The number of thiophene rings is 4. The average molecular weight is 503 g/mol. The molecule has 0 bridgehead atoms. The predicted molar refractivity (Wildman–Crippen MR) is 139 cm³/mol. The van der Waals surface area contributed by atoms with Crippen LogP contribution in [0, 0.1) is 0 Å². The quantitative estimate of drug-likeness (QED) is 0.219. The van der Waals surface area contributed by atoms with Crippen molar-refractivity contribution in [2.75, 3.05) is 28.4 Å². The summed E-state index contributed by atoms with van der Waals surface area (Å²) in [5, 5.41) is 8.15. The number of hydrogen-bond acceptors (Lipinski definition) is 8. The molecule has 0 N–H and O–H groups in total. The van der Waals surface area contributed by atoms with Gasteiger partial charge in [-0.3, -0.25) is 0 Å². The Morgan fingerprint density at radius 3 is 1.25 bits per heavy atom. The number of rotatable bonds is 9. The molecule has 0 saturated carbocycles. The fraction of sp³-hybridized carbons (Fsp3) is 0.167. The van der Waals surface area contributed by atoms with Gasteiger partial charge in [-0.25, -0.2) is 0 Å². The Hall–Kier alpha value is -2.52. The molecule has 0 fully saturated rings. The minimum Gasteiger partial charge on any atom is -0.495 e. The Labute approximate surface area is 203 Å². The van der Waals surface area contributed by atoms with Crippen molar-refractivity contribution in [3.63, 3.8) is 0 Å². The second kappa shape index (κ2) is 10.4. The van der Waals surface area contributed by atoms with Gasteiger partial charge in [0.25, 0.3) is 0 Å². The molecule has 4 heterocycles. The molecule has 4 nitrogen and oxygen atoms in total. The zero-order chi connectivity index (χ0) is 22.5. The van der Waals surface area contributed by atoms with Crippen LogP contribution in [0.15, 0.2) is 45.8 Å². The van der Waals surface area contributed by atoms with Crippen molar-refractivity contribution in [2.24, 2.45) is 0 Å². The number of ether oxygens (including phenoxy) is 4. The molecule has 8 heteroatoms. The monoisotopic (exact) mass is 502 g/mol. The van der Waals surface area contributed by atoms with Gasteiger partial charge in [-0.05, 0) is 57.9 Å². The highest BCUT2D eigenvalue weighted by Gasteiger charge is 2.22. The average Bonchev–Trinajstić information content (AvgIpc) is 3.61. The third-order valence-electron chi connectivity index (χ3n) is 4.78. The lowest BCUT2D eigenvalue weighted by atomic mass is 9.99. The Morgan fingerprint density at radius 2 is 0.875 bits per heavy atom. The van der Waals surface area contributed by atoms with Crippen molar-refractivity contribution in [1.29, 1.82) is 0 Å². The van der Waals surface area contributed by atoms with Crippen molar-refractivity contribution in [3.8, 4) is 23.0 Å². The summed E-state index contributed by atoms with van der Waals surface area (Å²) in [4.78, 5) is 4.16. The first-order chi connectivity index (χ1) is 15.7. The van der Waals surface area contributed by atoms with E-state index in [9.17, 15) is 0 Å². The lowest BCUT2D eigenvalue weighted by Crippen LogP contribution is -1.93. The van der Waals surface area contributed by atoms with Crippen molar-refractivity contribution < 1.29 is 18.9 Å². The molecule has 0 aliphatic heterocycles. The lowest BCUT2D eigenvalue weighted by molar-refractivity contribution is 0.415. The number of methoxy groups -OCH3 is 4. The maximum Gasteiger partial charge on any atom is 0.137 e. The molecule has 166 valence electrons. The highest BCUT2D eigenvalue weighted by molar-refractivity contribution is 7.14. The first-order valence-corrected chi connectivity index (χ1v) is 13.1. The fourth-order valence-corrected chi connectivity index (χ4v) is 6.63. The summed E-state index contributed by atoms with van der Waals surface area (Å²) < 4.78 is 22.6. The van der Waals surface area contributed by atoms with E-state index in [2.05, 4.69) is 12.2 Å². The molecule has 0 radical (unpaired) electrons. The van der Waals surface area contributed by atoms with Gasteiger partial charge >= 0.3 is 0 Å². The van der Waals surface area contributed by atoms with Gasteiger partial charge in [0, 0.05) is 11.1 Å². The highest BCUT2D eigenvalue weighted by atomic mass is 32.1. The minimum atomic E-state index is 0.830. The summed E-state index contributed by atoms with van der Waals surface area (Å²) in [6.07, 6.45) is 4.34. The first kappa shape index (κ1) is 22.7. The van der Waals surface area contributed by atoms with Gasteiger partial charge in [-0.2, -0.15) is 0 Å². The van der Waals surface area contributed by atoms with Crippen molar-refractivity contribution in [3.05, 3.63) is 65.3 Å². The van der Waals surface area contributed by atoms with Gasteiger partial charge in [0.15, 0.2) is 0 Å². The summed E-state index contributed by atoms with van der Waals surface area (Å²) in [6, 6.07) is 7.96. The van der Waals surface area contributed by atoms with Gasteiger partial charge in [0.05, 0.1) is 47.9 Å². The van der Waals surface area contributed by atoms with Crippen LogP contribution in [0.4, 0.5) is 0 Å². The van der Waals surface area contributed by atoms with Crippen LogP contribution in [0.1, 0.15) is 19.5 Å². The summed E-state index contributed by atoms with van der Waals surface area (Å²) in [6.45, 7) is 0. The third kappa shape index (κ3) is 4.49. The van der Waals surface area contributed by atoms with Crippen LogP contribution in [0.3, 0.4) is 0 Å². The summed E-state index contributed by atoms with van der Waals surface area (Å²) in [5.41, 5.74) is 2.07. The van der Waals surface area contributed by atoms with E-state index >= 15 is 0 Å². The van der Waals surface area contributed by atoms with Gasteiger partial charge < -0.3 is 18.9 Å². The molecule has 0 spiro atoms. The molecule has 0 aromatic carbocycles. The molecular formula is C24H22O4S4. The molecule has 0 amide bonds. The Kier molecular flexibility index (Phi) is 7.36. The summed E-state index contributed by atoms with van der Waals surface area (Å²) in [5.74, 6) is 3.34. The number of allylic oxidation sites excluding steroid dienone is 2. The Bertz CT molecular complexity index is 1140. The molecule has 0 atom stereocenters. The Morgan fingerprint density at radius 1 is 0.531 bits per heavy atom. The van der Waals surface area contributed by atoms with E-state index < -0.39 is 0 Å². The van der Waals surface area contributed by atoms with Crippen LogP contribution in [0.5, 0.6) is 23.0 Å². The van der Waals surface area contributed by atoms with E-state index in [1.54, 1.807) is 73.8 Å². The summed E-state index contributed by atoms with van der Waals surface area (Å²) in [7, 11) is 6.79. The van der Waals surface area contributed by atoms with Crippen LogP contribution >= 0.6 is 45.3 Å². The van der Waals surface area contributed by atoms with Gasteiger partial charge in [-0.1, -0.05) is 0 Å². The van der Waals surface area contributed by atoms with E-state index in [1.165, 1.54) is 0 Å². The van der Waals surface area contributed by atoms with Crippen LogP contribution in [-0.2, 0) is 0 Å².